The van der Waals surface area contributed by atoms with E-state index in [1.54, 1.807) is 0 Å². The van der Waals surface area contributed by atoms with Crippen LogP contribution in [0.15, 0.2) is 30.6 Å². The van der Waals surface area contributed by atoms with Crippen molar-refractivity contribution in [1.29, 1.82) is 0 Å². The van der Waals surface area contributed by atoms with Crippen molar-refractivity contribution in [2.75, 3.05) is 19.6 Å². The van der Waals surface area contributed by atoms with Crippen molar-refractivity contribution in [2.24, 2.45) is 5.92 Å². The molecule has 0 unspecified atom stereocenters. The SMILES string of the molecule is CC(C)N1CCC[C@@H](CNC(=O)CCc2cn3ccccc3n2)C1. The first-order valence-corrected chi connectivity index (χ1v) is 9.05. The predicted octanol–water partition coefficient (Wildman–Crippen LogP) is 2.50. The molecule has 1 atom stereocenters. The van der Waals surface area contributed by atoms with E-state index < -0.39 is 0 Å². The van der Waals surface area contributed by atoms with Crippen LogP contribution in [0.2, 0.25) is 0 Å². The van der Waals surface area contributed by atoms with Crippen molar-refractivity contribution < 1.29 is 4.79 Å². The summed E-state index contributed by atoms with van der Waals surface area (Å²) >= 11 is 0. The lowest BCUT2D eigenvalue weighted by atomic mass is 9.97. The number of pyridine rings is 1. The summed E-state index contributed by atoms with van der Waals surface area (Å²) in [6, 6.07) is 6.53. The first-order valence-electron chi connectivity index (χ1n) is 9.05. The molecule has 1 saturated heterocycles. The summed E-state index contributed by atoms with van der Waals surface area (Å²) in [7, 11) is 0. The minimum absolute atomic E-state index is 0.133. The number of likely N-dealkylation sites (tertiary alicyclic amines) is 1. The van der Waals surface area contributed by atoms with Crippen LogP contribution in [0.4, 0.5) is 0 Å². The van der Waals surface area contributed by atoms with Crippen molar-refractivity contribution in [3.63, 3.8) is 0 Å². The molecule has 0 radical (unpaired) electrons. The third-order valence-corrected chi connectivity index (χ3v) is 4.89. The number of fused-ring (bicyclic) bond motifs is 1. The van der Waals surface area contributed by atoms with Crippen LogP contribution in [0.5, 0.6) is 0 Å². The Bertz CT molecular complexity index is 646. The van der Waals surface area contributed by atoms with E-state index in [4.69, 9.17) is 0 Å². The first-order chi connectivity index (χ1) is 11.6. The van der Waals surface area contributed by atoms with Gasteiger partial charge in [0.2, 0.25) is 5.91 Å². The predicted molar refractivity (Wildman–Crippen MR) is 96.0 cm³/mol. The van der Waals surface area contributed by atoms with Gasteiger partial charge in [-0.2, -0.15) is 0 Å². The number of aryl methyl sites for hydroxylation is 1. The summed E-state index contributed by atoms with van der Waals surface area (Å²) in [4.78, 5) is 19.2. The zero-order valence-corrected chi connectivity index (χ0v) is 14.7. The molecular weight excluding hydrogens is 300 g/mol. The van der Waals surface area contributed by atoms with Crippen molar-refractivity contribution >= 4 is 11.6 Å². The standard InChI is InChI=1S/C19H28N4O/c1-15(2)22-11-5-6-16(13-22)12-20-19(24)9-8-17-14-23-10-4-3-7-18(23)21-17/h3-4,7,10,14-16H,5-6,8-9,11-13H2,1-2H3,(H,20,24)/t16-/m0/s1. The Labute approximate surface area is 144 Å². The molecule has 1 amide bonds. The Morgan fingerprint density at radius 2 is 2.29 bits per heavy atom. The van der Waals surface area contributed by atoms with Gasteiger partial charge in [0.05, 0.1) is 5.69 Å². The summed E-state index contributed by atoms with van der Waals surface area (Å²) in [5.74, 6) is 0.717. The molecule has 2 aromatic rings. The van der Waals surface area contributed by atoms with E-state index in [0.717, 1.165) is 24.4 Å². The van der Waals surface area contributed by atoms with Gasteiger partial charge in [0.15, 0.2) is 0 Å². The minimum Gasteiger partial charge on any atom is -0.356 e. The van der Waals surface area contributed by atoms with Crippen LogP contribution in [0.3, 0.4) is 0 Å². The van der Waals surface area contributed by atoms with Gasteiger partial charge < -0.3 is 14.6 Å². The third kappa shape index (κ3) is 4.35. The van der Waals surface area contributed by atoms with E-state index >= 15 is 0 Å². The summed E-state index contributed by atoms with van der Waals surface area (Å²) in [5.41, 5.74) is 1.91. The van der Waals surface area contributed by atoms with Crippen LogP contribution in [0.1, 0.15) is 38.8 Å². The molecule has 1 aliphatic rings. The zero-order valence-electron chi connectivity index (χ0n) is 14.7. The average Bonchev–Trinajstić information content (AvgIpc) is 3.01. The number of nitrogens with zero attached hydrogens (tertiary/aromatic N) is 3. The Hall–Kier alpha value is -1.88. The number of nitrogens with one attached hydrogen (secondary N) is 1. The fourth-order valence-corrected chi connectivity index (χ4v) is 3.43. The second kappa shape index (κ2) is 7.79. The molecule has 24 heavy (non-hydrogen) atoms. The van der Waals surface area contributed by atoms with Gasteiger partial charge in [-0.3, -0.25) is 4.79 Å². The number of aromatic nitrogens is 2. The van der Waals surface area contributed by atoms with E-state index in [-0.39, 0.29) is 5.91 Å². The van der Waals surface area contributed by atoms with Gasteiger partial charge in [-0.15, -0.1) is 0 Å². The maximum absolute atomic E-state index is 12.1. The number of amides is 1. The normalized spacial score (nSPS) is 19.0. The number of imidazole rings is 1. The molecule has 1 aliphatic heterocycles. The van der Waals surface area contributed by atoms with Crippen molar-refractivity contribution in [2.45, 2.75) is 45.6 Å². The van der Waals surface area contributed by atoms with Crippen LogP contribution < -0.4 is 5.32 Å². The summed E-state index contributed by atoms with van der Waals surface area (Å²) in [6.45, 7) is 7.58. The van der Waals surface area contributed by atoms with Crippen LogP contribution in [0, 0.1) is 5.92 Å². The number of carbonyl (C=O) groups excluding carboxylic acids is 1. The van der Waals surface area contributed by atoms with Gasteiger partial charge in [-0.1, -0.05) is 6.07 Å². The Kier molecular flexibility index (Phi) is 5.51. The lowest BCUT2D eigenvalue weighted by Crippen LogP contribution is -2.43. The van der Waals surface area contributed by atoms with Crippen LogP contribution >= 0.6 is 0 Å². The van der Waals surface area contributed by atoms with Gasteiger partial charge >= 0.3 is 0 Å². The lowest BCUT2D eigenvalue weighted by molar-refractivity contribution is -0.121. The van der Waals surface area contributed by atoms with Crippen molar-refractivity contribution in [3.8, 4) is 0 Å². The molecule has 2 aromatic heterocycles. The van der Waals surface area contributed by atoms with E-state index in [1.807, 2.05) is 35.0 Å². The van der Waals surface area contributed by atoms with E-state index in [0.29, 0.717) is 24.8 Å². The molecule has 3 rings (SSSR count). The van der Waals surface area contributed by atoms with Crippen LogP contribution in [-0.4, -0.2) is 45.9 Å². The Morgan fingerprint density at radius 3 is 3.08 bits per heavy atom. The molecule has 5 nitrogen and oxygen atoms in total. The highest BCUT2D eigenvalue weighted by atomic mass is 16.1. The first kappa shape index (κ1) is 17.0. The molecule has 0 aliphatic carbocycles. The molecule has 0 bridgehead atoms. The fourth-order valence-electron chi connectivity index (χ4n) is 3.43. The molecule has 3 heterocycles. The average molecular weight is 328 g/mol. The van der Waals surface area contributed by atoms with Gasteiger partial charge in [-0.05, 0) is 57.7 Å². The third-order valence-electron chi connectivity index (χ3n) is 4.89. The number of piperidine rings is 1. The zero-order chi connectivity index (χ0) is 16.9. The quantitative estimate of drug-likeness (QED) is 0.886. The van der Waals surface area contributed by atoms with Gasteiger partial charge in [0.1, 0.15) is 5.65 Å². The second-order valence-corrected chi connectivity index (χ2v) is 7.10. The largest absolute Gasteiger partial charge is 0.356 e. The monoisotopic (exact) mass is 328 g/mol. The maximum Gasteiger partial charge on any atom is 0.220 e. The molecule has 0 spiro atoms. The molecule has 5 heteroatoms. The van der Waals surface area contributed by atoms with Gasteiger partial charge in [0, 0.05) is 37.9 Å². The summed E-state index contributed by atoms with van der Waals surface area (Å²) in [5, 5.41) is 3.12. The molecular formula is C19H28N4O. The topological polar surface area (TPSA) is 49.6 Å². The van der Waals surface area contributed by atoms with Gasteiger partial charge in [-0.25, -0.2) is 4.98 Å². The Morgan fingerprint density at radius 1 is 1.42 bits per heavy atom. The van der Waals surface area contributed by atoms with E-state index in [9.17, 15) is 4.79 Å². The minimum atomic E-state index is 0.133. The molecule has 0 aromatic carbocycles. The molecule has 1 fully saturated rings. The Balaban J connectivity index is 1.42. The number of carbonyl (C=O) groups is 1. The smallest absolute Gasteiger partial charge is 0.220 e. The summed E-state index contributed by atoms with van der Waals surface area (Å²) in [6.07, 6.45) is 7.64. The fraction of sp³-hybridized carbons (Fsp3) is 0.579. The maximum atomic E-state index is 12.1. The lowest BCUT2D eigenvalue weighted by Gasteiger charge is -2.35. The summed E-state index contributed by atoms with van der Waals surface area (Å²) < 4.78 is 2.00. The number of rotatable bonds is 6. The van der Waals surface area contributed by atoms with E-state index in [1.165, 1.54) is 19.4 Å². The van der Waals surface area contributed by atoms with Crippen molar-refractivity contribution in [1.82, 2.24) is 19.6 Å². The molecule has 130 valence electrons. The molecule has 0 saturated carbocycles. The highest BCUT2D eigenvalue weighted by molar-refractivity contribution is 5.76. The molecule has 1 N–H and O–H groups in total. The van der Waals surface area contributed by atoms with E-state index in [2.05, 4.69) is 29.0 Å². The van der Waals surface area contributed by atoms with Crippen molar-refractivity contribution in [3.05, 3.63) is 36.3 Å². The number of hydrogen-bond acceptors (Lipinski definition) is 3. The van der Waals surface area contributed by atoms with Crippen LogP contribution in [-0.2, 0) is 11.2 Å². The highest BCUT2D eigenvalue weighted by Crippen LogP contribution is 2.17. The second-order valence-electron chi connectivity index (χ2n) is 7.10. The number of hydrogen-bond donors (Lipinski definition) is 1. The van der Waals surface area contributed by atoms with Crippen LogP contribution in [0.25, 0.3) is 5.65 Å². The van der Waals surface area contributed by atoms with Gasteiger partial charge in [0.25, 0.3) is 0 Å². The highest BCUT2D eigenvalue weighted by Gasteiger charge is 2.21.